The molecule has 0 bridgehead atoms. The monoisotopic (exact) mass is 251 g/mol. The van der Waals surface area contributed by atoms with Crippen LogP contribution < -0.4 is 9.64 Å². The summed E-state index contributed by atoms with van der Waals surface area (Å²) in [5, 5.41) is 0. The molecule has 4 heteroatoms. The molecule has 1 aromatic rings. The van der Waals surface area contributed by atoms with Crippen molar-refractivity contribution >= 4 is 23.2 Å². The van der Waals surface area contributed by atoms with Gasteiger partial charge in [-0.25, -0.2) is 0 Å². The predicted molar refractivity (Wildman–Crippen MR) is 72.5 cm³/mol. The van der Waals surface area contributed by atoms with E-state index in [9.17, 15) is 4.79 Å². The number of thioether (sulfide) groups is 1. The summed E-state index contributed by atoms with van der Waals surface area (Å²) in [5.74, 6) is 2.98. The highest BCUT2D eigenvalue weighted by Crippen LogP contribution is 2.31. The number of benzene rings is 1. The van der Waals surface area contributed by atoms with Crippen molar-refractivity contribution in [1.29, 1.82) is 0 Å². The number of Topliss-reactive ketones (excluding diaryl/α,β-unsaturated/α-hetero) is 1. The second-order valence-corrected chi connectivity index (χ2v) is 5.23. The largest absolute Gasteiger partial charge is 0.496 e. The molecule has 0 spiro atoms. The van der Waals surface area contributed by atoms with Crippen molar-refractivity contribution in [2.75, 3.05) is 36.6 Å². The van der Waals surface area contributed by atoms with Crippen LogP contribution in [0, 0.1) is 0 Å². The summed E-state index contributed by atoms with van der Waals surface area (Å²) in [7, 11) is 1.61. The van der Waals surface area contributed by atoms with Gasteiger partial charge in [0.15, 0.2) is 5.78 Å². The Morgan fingerprint density at radius 1 is 1.35 bits per heavy atom. The summed E-state index contributed by atoms with van der Waals surface area (Å²) in [6.07, 6.45) is 0. The van der Waals surface area contributed by atoms with E-state index in [4.69, 9.17) is 4.74 Å². The molecule has 0 radical (unpaired) electrons. The molecule has 1 aliphatic rings. The molecule has 0 N–H and O–H groups in total. The molecule has 2 rings (SSSR count). The summed E-state index contributed by atoms with van der Waals surface area (Å²) in [5.41, 5.74) is 1.72. The van der Waals surface area contributed by atoms with E-state index in [2.05, 4.69) is 4.90 Å². The van der Waals surface area contributed by atoms with Gasteiger partial charge < -0.3 is 9.64 Å². The normalized spacial score (nSPS) is 15.8. The fourth-order valence-electron chi connectivity index (χ4n) is 2.11. The van der Waals surface area contributed by atoms with Crippen molar-refractivity contribution in [3.63, 3.8) is 0 Å². The van der Waals surface area contributed by atoms with Crippen LogP contribution in [0.5, 0.6) is 5.75 Å². The first-order chi connectivity index (χ1) is 8.24. The van der Waals surface area contributed by atoms with E-state index in [1.54, 1.807) is 14.0 Å². The Kier molecular flexibility index (Phi) is 3.94. The first kappa shape index (κ1) is 12.3. The number of hydrogen-bond donors (Lipinski definition) is 0. The average Bonchev–Trinajstić information content (AvgIpc) is 2.38. The van der Waals surface area contributed by atoms with Crippen LogP contribution >= 0.6 is 11.8 Å². The zero-order chi connectivity index (χ0) is 12.3. The van der Waals surface area contributed by atoms with Gasteiger partial charge in [-0.1, -0.05) is 6.07 Å². The number of anilines is 1. The van der Waals surface area contributed by atoms with Gasteiger partial charge in [0, 0.05) is 24.6 Å². The highest BCUT2D eigenvalue weighted by Gasteiger charge is 2.19. The van der Waals surface area contributed by atoms with Crippen molar-refractivity contribution in [2.45, 2.75) is 6.92 Å². The number of carbonyl (C=O) groups excluding carboxylic acids is 1. The molecular formula is C13H17NO2S. The van der Waals surface area contributed by atoms with E-state index in [1.807, 2.05) is 30.0 Å². The van der Waals surface area contributed by atoms with E-state index >= 15 is 0 Å². The zero-order valence-corrected chi connectivity index (χ0v) is 11.0. The quantitative estimate of drug-likeness (QED) is 0.772. The molecule has 17 heavy (non-hydrogen) atoms. The second-order valence-electron chi connectivity index (χ2n) is 4.01. The SMILES string of the molecule is COc1cccc(N2CCSCC2)c1C(C)=O. The first-order valence-corrected chi connectivity index (χ1v) is 6.90. The molecule has 0 aliphatic carbocycles. The van der Waals surface area contributed by atoms with Gasteiger partial charge in [0.05, 0.1) is 18.4 Å². The molecule has 0 aromatic heterocycles. The number of methoxy groups -OCH3 is 1. The van der Waals surface area contributed by atoms with Crippen LogP contribution in [0.1, 0.15) is 17.3 Å². The minimum Gasteiger partial charge on any atom is -0.496 e. The number of rotatable bonds is 3. The number of hydrogen-bond acceptors (Lipinski definition) is 4. The molecule has 1 heterocycles. The minimum absolute atomic E-state index is 0.0654. The predicted octanol–water partition coefficient (Wildman–Crippen LogP) is 2.45. The molecular weight excluding hydrogens is 234 g/mol. The first-order valence-electron chi connectivity index (χ1n) is 5.74. The van der Waals surface area contributed by atoms with Crippen molar-refractivity contribution in [3.05, 3.63) is 23.8 Å². The van der Waals surface area contributed by atoms with Crippen LogP contribution in [-0.4, -0.2) is 37.5 Å². The van der Waals surface area contributed by atoms with Gasteiger partial charge >= 0.3 is 0 Å². The van der Waals surface area contributed by atoms with E-state index in [1.165, 1.54) is 0 Å². The number of nitrogens with zero attached hydrogens (tertiary/aromatic N) is 1. The lowest BCUT2D eigenvalue weighted by Gasteiger charge is -2.30. The van der Waals surface area contributed by atoms with Crippen LogP contribution in [0.25, 0.3) is 0 Å². The third-order valence-corrected chi connectivity index (χ3v) is 3.87. The van der Waals surface area contributed by atoms with Gasteiger partial charge in [0.1, 0.15) is 5.75 Å². The fraction of sp³-hybridized carbons (Fsp3) is 0.462. The number of ketones is 1. The molecule has 0 amide bonds. The average molecular weight is 251 g/mol. The number of carbonyl (C=O) groups is 1. The second kappa shape index (κ2) is 5.45. The van der Waals surface area contributed by atoms with Gasteiger partial charge in [0.2, 0.25) is 0 Å². The molecule has 0 saturated carbocycles. The van der Waals surface area contributed by atoms with Gasteiger partial charge in [0.25, 0.3) is 0 Å². The van der Waals surface area contributed by atoms with Crippen molar-refractivity contribution in [3.8, 4) is 5.75 Å². The molecule has 0 atom stereocenters. The molecule has 1 saturated heterocycles. The van der Waals surface area contributed by atoms with Gasteiger partial charge in [-0.05, 0) is 19.1 Å². The molecule has 1 aromatic carbocycles. The van der Waals surface area contributed by atoms with Gasteiger partial charge in [-0.3, -0.25) is 4.79 Å². The lowest BCUT2D eigenvalue weighted by molar-refractivity contribution is 0.101. The molecule has 1 aliphatic heterocycles. The van der Waals surface area contributed by atoms with Crippen LogP contribution in [0.2, 0.25) is 0 Å². The van der Waals surface area contributed by atoms with Gasteiger partial charge in [-0.2, -0.15) is 11.8 Å². The Bertz CT molecular complexity index is 414. The molecule has 1 fully saturated rings. The molecule has 0 unspecified atom stereocenters. The van der Waals surface area contributed by atoms with E-state index < -0.39 is 0 Å². The molecule has 92 valence electrons. The van der Waals surface area contributed by atoms with Crippen molar-refractivity contribution in [1.82, 2.24) is 0 Å². The minimum atomic E-state index is 0.0654. The van der Waals surface area contributed by atoms with Crippen LogP contribution in [-0.2, 0) is 0 Å². The maximum Gasteiger partial charge on any atom is 0.165 e. The highest BCUT2D eigenvalue weighted by molar-refractivity contribution is 7.99. The maximum absolute atomic E-state index is 11.8. The van der Waals surface area contributed by atoms with Crippen LogP contribution in [0.4, 0.5) is 5.69 Å². The topological polar surface area (TPSA) is 29.5 Å². The van der Waals surface area contributed by atoms with Crippen LogP contribution in [0.3, 0.4) is 0 Å². The summed E-state index contributed by atoms with van der Waals surface area (Å²) >= 11 is 1.96. The Hall–Kier alpha value is -1.16. The van der Waals surface area contributed by atoms with Crippen molar-refractivity contribution in [2.24, 2.45) is 0 Å². The smallest absolute Gasteiger partial charge is 0.165 e. The fourth-order valence-corrected chi connectivity index (χ4v) is 3.01. The summed E-state index contributed by atoms with van der Waals surface area (Å²) in [6.45, 7) is 3.59. The Balaban J connectivity index is 2.40. The summed E-state index contributed by atoms with van der Waals surface area (Å²) in [6, 6.07) is 5.80. The van der Waals surface area contributed by atoms with Crippen LogP contribution in [0.15, 0.2) is 18.2 Å². The lowest BCUT2D eigenvalue weighted by atomic mass is 10.1. The Labute approximate surface area is 106 Å². The zero-order valence-electron chi connectivity index (χ0n) is 10.2. The van der Waals surface area contributed by atoms with Crippen molar-refractivity contribution < 1.29 is 9.53 Å². The molecule has 3 nitrogen and oxygen atoms in total. The van der Waals surface area contributed by atoms with E-state index in [0.717, 1.165) is 30.3 Å². The third-order valence-electron chi connectivity index (χ3n) is 2.93. The number of ether oxygens (including phenoxy) is 1. The third kappa shape index (κ3) is 2.57. The van der Waals surface area contributed by atoms with E-state index in [-0.39, 0.29) is 5.78 Å². The highest BCUT2D eigenvalue weighted by atomic mass is 32.2. The summed E-state index contributed by atoms with van der Waals surface area (Å²) in [4.78, 5) is 14.1. The van der Waals surface area contributed by atoms with E-state index in [0.29, 0.717) is 11.3 Å². The lowest BCUT2D eigenvalue weighted by Crippen LogP contribution is -2.33. The maximum atomic E-state index is 11.8. The van der Waals surface area contributed by atoms with Gasteiger partial charge in [-0.15, -0.1) is 0 Å². The standard InChI is InChI=1S/C13H17NO2S/c1-10(15)13-11(4-3-5-12(13)16-2)14-6-8-17-9-7-14/h3-5H,6-9H2,1-2H3. The summed E-state index contributed by atoms with van der Waals surface area (Å²) < 4.78 is 5.29. The Morgan fingerprint density at radius 2 is 2.06 bits per heavy atom. The Morgan fingerprint density at radius 3 is 2.65 bits per heavy atom.